The van der Waals surface area contributed by atoms with Gasteiger partial charge in [-0.25, -0.2) is 4.79 Å². The molecule has 1 aliphatic heterocycles. The number of ether oxygens (including phenoxy) is 2. The molecule has 18 heavy (non-hydrogen) atoms. The van der Waals surface area contributed by atoms with E-state index in [0.29, 0.717) is 24.3 Å². The highest BCUT2D eigenvalue weighted by Crippen LogP contribution is 2.21. The van der Waals surface area contributed by atoms with Gasteiger partial charge in [-0.2, -0.15) is 0 Å². The maximum atomic E-state index is 11.6. The minimum absolute atomic E-state index is 0.0951. The molecule has 1 fully saturated rings. The monoisotopic (exact) mass is 251 g/mol. The van der Waals surface area contributed by atoms with Crippen molar-refractivity contribution in [2.24, 2.45) is 0 Å². The molecule has 0 bridgehead atoms. The van der Waals surface area contributed by atoms with Gasteiger partial charge in [0.05, 0.1) is 32.5 Å². The van der Waals surface area contributed by atoms with Crippen LogP contribution in [0, 0.1) is 0 Å². The third-order valence-electron chi connectivity index (χ3n) is 2.96. The van der Waals surface area contributed by atoms with Crippen LogP contribution in [-0.4, -0.2) is 44.5 Å². The Labute approximate surface area is 106 Å². The summed E-state index contributed by atoms with van der Waals surface area (Å²) in [6.45, 7) is 2.83. The van der Waals surface area contributed by atoms with E-state index in [9.17, 15) is 9.90 Å². The SMILES string of the molecule is COC(=O)c1cc(CO)cc(N2CCOCC2)c1. The van der Waals surface area contributed by atoms with Gasteiger partial charge >= 0.3 is 5.97 Å². The first kappa shape index (κ1) is 12.9. The Balaban J connectivity index is 2.30. The number of carbonyl (C=O) groups excluding carboxylic acids is 1. The van der Waals surface area contributed by atoms with E-state index in [4.69, 9.17) is 9.47 Å². The molecule has 1 heterocycles. The molecule has 2 rings (SSSR count). The molecule has 98 valence electrons. The highest BCUT2D eigenvalue weighted by Gasteiger charge is 2.15. The fourth-order valence-corrected chi connectivity index (χ4v) is 2.01. The van der Waals surface area contributed by atoms with Crippen LogP contribution in [0.15, 0.2) is 18.2 Å². The average molecular weight is 251 g/mol. The van der Waals surface area contributed by atoms with Gasteiger partial charge in [-0.15, -0.1) is 0 Å². The number of hydrogen-bond donors (Lipinski definition) is 1. The van der Waals surface area contributed by atoms with Crippen LogP contribution in [0.1, 0.15) is 15.9 Å². The third kappa shape index (κ3) is 2.80. The average Bonchev–Trinajstić information content (AvgIpc) is 2.46. The van der Waals surface area contributed by atoms with Gasteiger partial charge in [0, 0.05) is 18.8 Å². The number of carbonyl (C=O) groups is 1. The van der Waals surface area contributed by atoms with E-state index in [1.807, 2.05) is 6.07 Å². The van der Waals surface area contributed by atoms with Gasteiger partial charge in [-0.05, 0) is 23.8 Å². The molecular weight excluding hydrogens is 234 g/mol. The normalized spacial score (nSPS) is 15.6. The van der Waals surface area contributed by atoms with Crippen molar-refractivity contribution in [3.63, 3.8) is 0 Å². The summed E-state index contributed by atoms with van der Waals surface area (Å²) in [5.41, 5.74) is 2.09. The minimum Gasteiger partial charge on any atom is -0.465 e. The van der Waals surface area contributed by atoms with Crippen LogP contribution in [0.4, 0.5) is 5.69 Å². The molecule has 5 nitrogen and oxygen atoms in total. The molecular formula is C13H17NO4. The molecule has 1 N–H and O–H groups in total. The minimum atomic E-state index is -0.389. The van der Waals surface area contributed by atoms with E-state index in [1.54, 1.807) is 12.1 Å². The predicted molar refractivity (Wildman–Crippen MR) is 66.7 cm³/mol. The van der Waals surface area contributed by atoms with Crippen molar-refractivity contribution >= 4 is 11.7 Å². The third-order valence-corrected chi connectivity index (χ3v) is 2.96. The number of rotatable bonds is 3. The molecule has 0 spiro atoms. The van der Waals surface area contributed by atoms with Gasteiger partial charge in [0.1, 0.15) is 0 Å². The first-order chi connectivity index (χ1) is 8.74. The number of esters is 1. The second-order valence-electron chi connectivity index (χ2n) is 4.14. The molecule has 0 radical (unpaired) electrons. The van der Waals surface area contributed by atoms with Crippen molar-refractivity contribution in [2.75, 3.05) is 38.3 Å². The molecule has 0 amide bonds. The molecule has 0 unspecified atom stereocenters. The lowest BCUT2D eigenvalue weighted by atomic mass is 10.1. The number of hydrogen-bond acceptors (Lipinski definition) is 5. The lowest BCUT2D eigenvalue weighted by molar-refractivity contribution is 0.0600. The van der Waals surface area contributed by atoms with Gasteiger partial charge in [0.25, 0.3) is 0 Å². The Kier molecular flexibility index (Phi) is 4.17. The number of aliphatic hydroxyl groups excluding tert-OH is 1. The number of aliphatic hydroxyl groups is 1. The summed E-state index contributed by atoms with van der Waals surface area (Å²) in [6, 6.07) is 5.32. The molecule has 0 saturated carbocycles. The summed E-state index contributed by atoms with van der Waals surface area (Å²) in [5.74, 6) is -0.389. The summed E-state index contributed by atoms with van der Waals surface area (Å²) >= 11 is 0. The van der Waals surface area contributed by atoms with Crippen molar-refractivity contribution in [3.05, 3.63) is 29.3 Å². The Bertz CT molecular complexity index is 427. The Hall–Kier alpha value is -1.59. The van der Waals surface area contributed by atoms with E-state index in [2.05, 4.69) is 4.90 Å². The van der Waals surface area contributed by atoms with E-state index < -0.39 is 0 Å². The molecule has 0 aliphatic carbocycles. The second kappa shape index (κ2) is 5.84. The van der Waals surface area contributed by atoms with Crippen molar-refractivity contribution < 1.29 is 19.4 Å². The maximum absolute atomic E-state index is 11.6. The summed E-state index contributed by atoms with van der Waals surface area (Å²) in [7, 11) is 1.35. The Morgan fingerprint density at radius 2 is 2.11 bits per heavy atom. The lowest BCUT2D eigenvalue weighted by Gasteiger charge is -2.29. The zero-order chi connectivity index (χ0) is 13.0. The van der Waals surface area contributed by atoms with Crippen LogP contribution >= 0.6 is 0 Å². The first-order valence-corrected chi connectivity index (χ1v) is 5.90. The van der Waals surface area contributed by atoms with Crippen molar-refractivity contribution in [2.45, 2.75) is 6.61 Å². The van der Waals surface area contributed by atoms with E-state index in [0.717, 1.165) is 18.8 Å². The van der Waals surface area contributed by atoms with Crippen molar-refractivity contribution in [1.29, 1.82) is 0 Å². The fourth-order valence-electron chi connectivity index (χ4n) is 2.01. The molecule has 1 aliphatic rings. The van der Waals surface area contributed by atoms with E-state index in [-0.39, 0.29) is 12.6 Å². The van der Waals surface area contributed by atoms with Gasteiger partial charge in [-0.3, -0.25) is 0 Å². The summed E-state index contributed by atoms with van der Waals surface area (Å²) in [6.07, 6.45) is 0. The quantitative estimate of drug-likeness (QED) is 0.805. The molecule has 0 aromatic heterocycles. The van der Waals surface area contributed by atoms with E-state index in [1.165, 1.54) is 7.11 Å². The second-order valence-corrected chi connectivity index (χ2v) is 4.14. The number of methoxy groups -OCH3 is 1. The van der Waals surface area contributed by atoms with Gasteiger partial charge in [-0.1, -0.05) is 0 Å². The van der Waals surface area contributed by atoms with Crippen LogP contribution in [0.25, 0.3) is 0 Å². The Morgan fingerprint density at radius 3 is 2.72 bits per heavy atom. The van der Waals surface area contributed by atoms with Crippen molar-refractivity contribution in [3.8, 4) is 0 Å². The van der Waals surface area contributed by atoms with E-state index >= 15 is 0 Å². The molecule has 5 heteroatoms. The zero-order valence-corrected chi connectivity index (χ0v) is 10.4. The number of benzene rings is 1. The fraction of sp³-hybridized carbons (Fsp3) is 0.462. The largest absolute Gasteiger partial charge is 0.465 e. The van der Waals surface area contributed by atoms with Crippen molar-refractivity contribution in [1.82, 2.24) is 0 Å². The van der Waals surface area contributed by atoms with Crippen LogP contribution in [0.2, 0.25) is 0 Å². The lowest BCUT2D eigenvalue weighted by Crippen LogP contribution is -2.36. The van der Waals surface area contributed by atoms with Crippen LogP contribution in [0.3, 0.4) is 0 Å². The summed E-state index contributed by atoms with van der Waals surface area (Å²) in [5, 5.41) is 9.24. The van der Waals surface area contributed by atoms with Crippen LogP contribution in [0.5, 0.6) is 0 Å². The topological polar surface area (TPSA) is 59.0 Å². The van der Waals surface area contributed by atoms with Crippen LogP contribution in [-0.2, 0) is 16.1 Å². The van der Waals surface area contributed by atoms with Gasteiger partial charge in [0.2, 0.25) is 0 Å². The smallest absolute Gasteiger partial charge is 0.337 e. The number of morpholine rings is 1. The molecule has 0 atom stereocenters. The molecule has 1 saturated heterocycles. The predicted octanol–water partition coefficient (Wildman–Crippen LogP) is 0.802. The standard InChI is InChI=1S/C13H17NO4/c1-17-13(16)11-6-10(9-15)7-12(8-11)14-2-4-18-5-3-14/h6-8,15H,2-5,9H2,1H3. The number of anilines is 1. The Morgan fingerprint density at radius 1 is 1.39 bits per heavy atom. The molecule has 1 aromatic carbocycles. The molecule has 1 aromatic rings. The summed E-state index contributed by atoms with van der Waals surface area (Å²) < 4.78 is 10.0. The van der Waals surface area contributed by atoms with Gasteiger partial charge < -0.3 is 19.5 Å². The summed E-state index contributed by atoms with van der Waals surface area (Å²) in [4.78, 5) is 13.7. The van der Waals surface area contributed by atoms with Crippen LogP contribution < -0.4 is 4.90 Å². The number of nitrogens with zero attached hydrogens (tertiary/aromatic N) is 1. The van der Waals surface area contributed by atoms with Gasteiger partial charge in [0.15, 0.2) is 0 Å². The highest BCUT2D eigenvalue weighted by molar-refractivity contribution is 5.90. The zero-order valence-electron chi connectivity index (χ0n) is 10.4. The highest BCUT2D eigenvalue weighted by atomic mass is 16.5. The first-order valence-electron chi connectivity index (χ1n) is 5.90. The maximum Gasteiger partial charge on any atom is 0.337 e.